The number of hydrogen-bond donors (Lipinski definition) is 0. The highest BCUT2D eigenvalue weighted by molar-refractivity contribution is 7.14. The molecule has 0 bridgehead atoms. The smallest absolute Gasteiger partial charge is 0.308 e. The van der Waals surface area contributed by atoms with Crippen LogP contribution in [-0.2, 0) is 34.0 Å². The predicted molar refractivity (Wildman–Crippen MR) is 122 cm³/mol. The fourth-order valence-electron chi connectivity index (χ4n) is 4.34. The molecule has 1 aromatic carbocycles. The Kier molecular flexibility index (Phi) is 7.44. The minimum absolute atomic E-state index is 0.0120. The van der Waals surface area contributed by atoms with Crippen LogP contribution < -0.4 is 4.74 Å². The zero-order valence-corrected chi connectivity index (χ0v) is 19.5. The molecule has 2 aromatic rings. The van der Waals surface area contributed by atoms with E-state index < -0.39 is 0 Å². The number of rotatable bonds is 6. The highest BCUT2D eigenvalue weighted by Gasteiger charge is 2.26. The van der Waals surface area contributed by atoms with E-state index in [9.17, 15) is 9.59 Å². The lowest BCUT2D eigenvalue weighted by Gasteiger charge is -2.30. The van der Waals surface area contributed by atoms with E-state index >= 15 is 0 Å². The second-order valence-electron chi connectivity index (χ2n) is 8.29. The molecule has 3 heterocycles. The third kappa shape index (κ3) is 5.31. The van der Waals surface area contributed by atoms with Crippen LogP contribution >= 0.6 is 11.3 Å². The van der Waals surface area contributed by atoms with Crippen molar-refractivity contribution < 1.29 is 23.8 Å². The number of nitrogens with zero attached hydrogens (tertiary/aromatic N) is 2. The van der Waals surface area contributed by atoms with Crippen LogP contribution in [0, 0.1) is 5.92 Å². The van der Waals surface area contributed by atoms with Crippen molar-refractivity contribution >= 4 is 23.2 Å². The maximum Gasteiger partial charge on any atom is 0.308 e. The molecular formula is C24H30N2O5S. The molecule has 0 N–H and O–H groups in total. The first-order chi connectivity index (χ1) is 15.6. The number of carbonyl (C=O) groups excluding carboxylic acids is 2. The number of likely N-dealkylation sites (tertiary alicyclic amines) is 1. The third-order valence-corrected chi connectivity index (χ3v) is 7.13. The van der Waals surface area contributed by atoms with E-state index in [0.717, 1.165) is 53.5 Å². The molecule has 1 fully saturated rings. The fraction of sp³-hybridized carbons (Fsp3) is 0.500. The molecule has 0 spiro atoms. The Morgan fingerprint density at radius 2 is 1.94 bits per heavy atom. The van der Waals surface area contributed by atoms with Crippen LogP contribution in [0.5, 0.6) is 5.75 Å². The van der Waals surface area contributed by atoms with Gasteiger partial charge in [-0.15, -0.1) is 11.3 Å². The molecule has 0 atom stereocenters. The van der Waals surface area contributed by atoms with Gasteiger partial charge in [-0.2, -0.15) is 0 Å². The maximum atomic E-state index is 13.1. The van der Waals surface area contributed by atoms with Gasteiger partial charge < -0.3 is 19.1 Å². The van der Waals surface area contributed by atoms with Crippen molar-refractivity contribution in [1.82, 2.24) is 9.80 Å². The number of hydrogen-bond acceptors (Lipinski definition) is 7. The van der Waals surface area contributed by atoms with Crippen molar-refractivity contribution in [2.45, 2.75) is 32.5 Å². The van der Waals surface area contributed by atoms with Gasteiger partial charge in [0.2, 0.25) is 0 Å². The molecule has 0 unspecified atom stereocenters. The van der Waals surface area contributed by atoms with Crippen molar-refractivity contribution in [3.8, 4) is 5.75 Å². The molecule has 1 amide bonds. The second kappa shape index (κ2) is 10.5. The highest BCUT2D eigenvalue weighted by Crippen LogP contribution is 2.28. The second-order valence-corrected chi connectivity index (χ2v) is 9.46. The predicted octanol–water partition coefficient (Wildman–Crippen LogP) is 3.31. The largest absolute Gasteiger partial charge is 0.491 e. The number of thiophene rings is 1. The molecule has 1 saturated heterocycles. The first-order valence-electron chi connectivity index (χ1n) is 11.0. The molecule has 1 aromatic heterocycles. The summed E-state index contributed by atoms with van der Waals surface area (Å²) in [5, 5.41) is 0. The van der Waals surface area contributed by atoms with E-state index in [1.54, 1.807) is 7.11 Å². The minimum Gasteiger partial charge on any atom is -0.491 e. The van der Waals surface area contributed by atoms with Crippen molar-refractivity contribution in [1.29, 1.82) is 0 Å². The van der Waals surface area contributed by atoms with Crippen LogP contribution in [0.1, 0.15) is 38.5 Å². The first kappa shape index (κ1) is 22.8. The van der Waals surface area contributed by atoms with E-state index in [4.69, 9.17) is 14.2 Å². The first-order valence-corrected chi connectivity index (χ1v) is 11.8. The fourth-order valence-corrected chi connectivity index (χ4v) is 5.29. The van der Waals surface area contributed by atoms with Crippen LogP contribution in [-0.4, -0.2) is 62.1 Å². The van der Waals surface area contributed by atoms with Gasteiger partial charge in [0.05, 0.1) is 31.1 Å². The number of methoxy groups -OCH3 is 2. The normalized spacial score (nSPS) is 17.4. The maximum absolute atomic E-state index is 13.1. The van der Waals surface area contributed by atoms with E-state index in [0.29, 0.717) is 26.3 Å². The van der Waals surface area contributed by atoms with Gasteiger partial charge in [-0.3, -0.25) is 14.5 Å². The summed E-state index contributed by atoms with van der Waals surface area (Å²) < 4.78 is 16.0. The van der Waals surface area contributed by atoms with Gasteiger partial charge in [0.25, 0.3) is 5.91 Å². The summed E-state index contributed by atoms with van der Waals surface area (Å²) >= 11 is 1.48. The molecule has 8 heteroatoms. The Labute approximate surface area is 192 Å². The van der Waals surface area contributed by atoms with Gasteiger partial charge in [0.15, 0.2) is 0 Å². The molecule has 172 valence electrons. The molecular weight excluding hydrogens is 428 g/mol. The molecule has 0 aliphatic carbocycles. The van der Waals surface area contributed by atoms with Crippen LogP contribution in [0.4, 0.5) is 0 Å². The Balaban J connectivity index is 1.41. The van der Waals surface area contributed by atoms with Crippen LogP contribution in [0.15, 0.2) is 30.3 Å². The summed E-state index contributed by atoms with van der Waals surface area (Å²) in [6, 6.07) is 10.1. The summed E-state index contributed by atoms with van der Waals surface area (Å²) in [5.74, 6) is 0.790. The van der Waals surface area contributed by atoms with E-state index in [-0.39, 0.29) is 17.8 Å². The number of ether oxygens (including phenoxy) is 3. The number of piperidine rings is 1. The summed E-state index contributed by atoms with van der Waals surface area (Å²) in [4.78, 5) is 30.8. The average molecular weight is 459 g/mol. The molecule has 7 nitrogen and oxygen atoms in total. The van der Waals surface area contributed by atoms with Crippen molar-refractivity contribution in [3.05, 3.63) is 51.2 Å². The van der Waals surface area contributed by atoms with E-state index in [1.165, 1.54) is 24.0 Å². The molecule has 2 aliphatic rings. The van der Waals surface area contributed by atoms with Gasteiger partial charge in [0, 0.05) is 30.6 Å². The number of esters is 1. The molecule has 4 rings (SSSR count). The average Bonchev–Trinajstić information content (AvgIpc) is 3.17. The lowest BCUT2D eigenvalue weighted by Crippen LogP contribution is -2.36. The molecule has 0 radical (unpaired) electrons. The quantitative estimate of drug-likeness (QED) is 0.619. The Morgan fingerprint density at radius 1 is 1.12 bits per heavy atom. The molecule has 2 aliphatic heterocycles. The molecule has 32 heavy (non-hydrogen) atoms. The Bertz CT molecular complexity index is 952. The topological polar surface area (TPSA) is 68.3 Å². The SMILES string of the molecule is COCc1ccc(C(=O)N2CCOc3ccc(CN4CCC(C(=O)OC)CC4)cc3C2)s1. The Morgan fingerprint density at radius 3 is 2.69 bits per heavy atom. The number of fused-ring (bicyclic) bond motifs is 1. The van der Waals surface area contributed by atoms with E-state index in [1.807, 2.05) is 23.1 Å². The Hall–Kier alpha value is -2.42. The minimum atomic E-state index is -0.100. The van der Waals surface area contributed by atoms with Crippen molar-refractivity contribution in [2.24, 2.45) is 5.92 Å². The monoisotopic (exact) mass is 458 g/mol. The van der Waals surface area contributed by atoms with Crippen LogP contribution in [0.25, 0.3) is 0 Å². The van der Waals surface area contributed by atoms with Gasteiger partial charge in [-0.25, -0.2) is 0 Å². The van der Waals surface area contributed by atoms with E-state index in [2.05, 4.69) is 17.0 Å². The summed E-state index contributed by atoms with van der Waals surface area (Å²) in [6.45, 7) is 4.66. The summed E-state index contributed by atoms with van der Waals surface area (Å²) in [5.41, 5.74) is 2.23. The third-order valence-electron chi connectivity index (χ3n) is 6.08. The summed E-state index contributed by atoms with van der Waals surface area (Å²) in [7, 11) is 3.11. The van der Waals surface area contributed by atoms with Gasteiger partial charge in [-0.05, 0) is 55.8 Å². The van der Waals surface area contributed by atoms with Gasteiger partial charge in [-0.1, -0.05) is 6.07 Å². The summed E-state index contributed by atoms with van der Waals surface area (Å²) in [6.07, 6.45) is 1.66. The highest BCUT2D eigenvalue weighted by atomic mass is 32.1. The molecule has 0 saturated carbocycles. The lowest BCUT2D eigenvalue weighted by atomic mass is 9.96. The zero-order chi connectivity index (χ0) is 22.5. The van der Waals surface area contributed by atoms with Gasteiger partial charge >= 0.3 is 5.97 Å². The number of benzene rings is 1. The van der Waals surface area contributed by atoms with Crippen molar-refractivity contribution in [3.63, 3.8) is 0 Å². The van der Waals surface area contributed by atoms with Crippen LogP contribution in [0.3, 0.4) is 0 Å². The number of amides is 1. The standard InChI is InChI=1S/C24H30N2O5S/c1-29-16-20-4-6-22(32-20)23(27)26-11-12-31-21-5-3-17(13-19(21)15-26)14-25-9-7-18(8-10-25)24(28)30-2/h3-6,13,18H,7-12,14-16H2,1-2H3. The van der Waals surface area contributed by atoms with Crippen molar-refractivity contribution in [2.75, 3.05) is 40.5 Å². The van der Waals surface area contributed by atoms with Crippen LogP contribution in [0.2, 0.25) is 0 Å². The lowest BCUT2D eigenvalue weighted by molar-refractivity contribution is -0.147. The number of carbonyl (C=O) groups is 2. The van der Waals surface area contributed by atoms with Gasteiger partial charge in [0.1, 0.15) is 12.4 Å². The zero-order valence-electron chi connectivity index (χ0n) is 18.7.